The highest BCUT2D eigenvalue weighted by Gasteiger charge is 2.18. The number of thioether (sulfide) groups is 1. The molecule has 0 N–H and O–H groups in total. The van der Waals surface area contributed by atoms with Gasteiger partial charge in [0.25, 0.3) is 0 Å². The van der Waals surface area contributed by atoms with E-state index in [1.54, 1.807) is 11.1 Å². The van der Waals surface area contributed by atoms with Gasteiger partial charge in [-0.1, -0.05) is 37.6 Å². The van der Waals surface area contributed by atoms with Crippen LogP contribution in [0.5, 0.6) is 0 Å². The number of hydrogen-bond donors (Lipinski definition) is 0. The van der Waals surface area contributed by atoms with Gasteiger partial charge in [0.05, 0.1) is 0 Å². The fourth-order valence-electron chi connectivity index (χ4n) is 1.98. The fraction of sp³-hybridized carbons (Fsp3) is 0.500. The van der Waals surface area contributed by atoms with Crippen LogP contribution >= 0.6 is 11.8 Å². The van der Waals surface area contributed by atoms with E-state index in [2.05, 4.69) is 43.0 Å². The molecule has 0 aromatic heterocycles. The summed E-state index contributed by atoms with van der Waals surface area (Å²) < 4.78 is 0. The Morgan fingerprint density at radius 2 is 2.23 bits per heavy atom. The molecule has 1 heterocycles. The molecule has 13 heavy (non-hydrogen) atoms. The van der Waals surface area contributed by atoms with E-state index in [0.29, 0.717) is 0 Å². The Labute approximate surface area is 84.7 Å². The van der Waals surface area contributed by atoms with Gasteiger partial charge in [-0.05, 0) is 29.7 Å². The highest BCUT2D eigenvalue weighted by molar-refractivity contribution is 7.99. The maximum absolute atomic E-state index is 2.31. The van der Waals surface area contributed by atoms with Gasteiger partial charge < -0.3 is 0 Å². The predicted octanol–water partition coefficient (Wildman–Crippen LogP) is 3.82. The van der Waals surface area contributed by atoms with E-state index in [9.17, 15) is 0 Å². The second kappa shape index (κ2) is 4.19. The monoisotopic (exact) mass is 192 g/mol. The molecule has 1 aliphatic heterocycles. The summed E-state index contributed by atoms with van der Waals surface area (Å²) in [6, 6.07) is 8.94. The molecule has 1 heteroatoms. The normalized spacial score (nSPS) is 21.2. The molecule has 2 rings (SSSR count). The first kappa shape index (κ1) is 9.14. The number of aryl methyl sites for hydroxylation is 1. The second-order valence-electron chi connectivity index (χ2n) is 3.60. The van der Waals surface area contributed by atoms with Gasteiger partial charge in [0.2, 0.25) is 0 Å². The van der Waals surface area contributed by atoms with E-state index in [-0.39, 0.29) is 0 Å². The molecule has 0 saturated carbocycles. The van der Waals surface area contributed by atoms with Crippen LogP contribution in [0.3, 0.4) is 0 Å². The molecule has 70 valence electrons. The minimum absolute atomic E-state index is 0.773. The second-order valence-corrected chi connectivity index (χ2v) is 4.91. The number of hydrogen-bond acceptors (Lipinski definition) is 1. The Kier molecular flexibility index (Phi) is 2.94. The molecule has 1 unspecified atom stereocenters. The van der Waals surface area contributed by atoms with Crippen LogP contribution < -0.4 is 0 Å². The van der Waals surface area contributed by atoms with E-state index in [0.717, 1.165) is 5.25 Å². The zero-order chi connectivity index (χ0) is 9.10. The lowest BCUT2D eigenvalue weighted by molar-refractivity contribution is 0.762. The molecule has 1 aromatic rings. The van der Waals surface area contributed by atoms with Crippen molar-refractivity contribution in [2.75, 3.05) is 5.75 Å². The molecule has 0 saturated heterocycles. The highest BCUT2D eigenvalue weighted by Crippen LogP contribution is 2.39. The summed E-state index contributed by atoms with van der Waals surface area (Å²) in [5, 5.41) is 0.773. The lowest BCUT2D eigenvalue weighted by Crippen LogP contribution is -2.07. The number of fused-ring (bicyclic) bond motifs is 1. The molecule has 0 radical (unpaired) electrons. The molecular formula is C12H16S. The van der Waals surface area contributed by atoms with Crippen molar-refractivity contribution in [3.8, 4) is 0 Å². The first-order valence-electron chi connectivity index (χ1n) is 5.11. The highest BCUT2D eigenvalue weighted by atomic mass is 32.2. The summed E-state index contributed by atoms with van der Waals surface area (Å²) in [5.41, 5.74) is 3.18. The third-order valence-corrected chi connectivity index (χ3v) is 3.98. The molecule has 0 spiro atoms. The molecule has 1 atom stereocenters. The van der Waals surface area contributed by atoms with E-state index < -0.39 is 0 Å². The average Bonchev–Trinajstić information content (AvgIpc) is 2.19. The van der Waals surface area contributed by atoms with Crippen molar-refractivity contribution >= 4 is 11.8 Å². The molecule has 1 aliphatic rings. The van der Waals surface area contributed by atoms with E-state index in [1.165, 1.54) is 25.0 Å². The van der Waals surface area contributed by atoms with Crippen molar-refractivity contribution in [1.82, 2.24) is 0 Å². The standard InChI is InChI=1S/C12H16S/c1-2-5-12-11-7-4-3-6-10(11)8-9-13-12/h3-4,6-7,12H,2,5,8-9H2,1H3. The number of benzene rings is 1. The zero-order valence-corrected chi connectivity index (χ0v) is 8.94. The van der Waals surface area contributed by atoms with E-state index in [4.69, 9.17) is 0 Å². The van der Waals surface area contributed by atoms with Gasteiger partial charge in [0, 0.05) is 5.25 Å². The molecule has 0 aliphatic carbocycles. The lowest BCUT2D eigenvalue weighted by atomic mass is 9.99. The van der Waals surface area contributed by atoms with Crippen LogP contribution in [0.2, 0.25) is 0 Å². The van der Waals surface area contributed by atoms with Gasteiger partial charge in [0.1, 0.15) is 0 Å². The Bertz CT molecular complexity index is 280. The summed E-state index contributed by atoms with van der Waals surface area (Å²) in [6.45, 7) is 2.28. The zero-order valence-electron chi connectivity index (χ0n) is 8.12. The molecular weight excluding hydrogens is 176 g/mol. The first-order valence-corrected chi connectivity index (χ1v) is 6.16. The van der Waals surface area contributed by atoms with Gasteiger partial charge >= 0.3 is 0 Å². The Morgan fingerprint density at radius 1 is 1.38 bits per heavy atom. The SMILES string of the molecule is CCCC1SCCc2ccccc21. The van der Waals surface area contributed by atoms with Crippen molar-refractivity contribution < 1.29 is 0 Å². The van der Waals surface area contributed by atoms with Gasteiger partial charge in [0.15, 0.2) is 0 Å². The van der Waals surface area contributed by atoms with Crippen LogP contribution in [0.25, 0.3) is 0 Å². The maximum atomic E-state index is 2.31. The fourth-order valence-corrected chi connectivity index (χ4v) is 3.41. The topological polar surface area (TPSA) is 0 Å². The Morgan fingerprint density at radius 3 is 3.08 bits per heavy atom. The van der Waals surface area contributed by atoms with Crippen molar-refractivity contribution in [2.45, 2.75) is 31.4 Å². The molecule has 0 fully saturated rings. The smallest absolute Gasteiger partial charge is 0.0300 e. The molecule has 0 bridgehead atoms. The average molecular weight is 192 g/mol. The van der Waals surface area contributed by atoms with Crippen LogP contribution in [0.4, 0.5) is 0 Å². The Hall–Kier alpha value is -0.430. The van der Waals surface area contributed by atoms with E-state index in [1.807, 2.05) is 0 Å². The minimum atomic E-state index is 0.773. The third-order valence-electron chi connectivity index (χ3n) is 2.64. The molecule has 0 amide bonds. The van der Waals surface area contributed by atoms with Gasteiger partial charge in [-0.3, -0.25) is 0 Å². The quantitative estimate of drug-likeness (QED) is 0.686. The number of rotatable bonds is 2. The van der Waals surface area contributed by atoms with E-state index >= 15 is 0 Å². The van der Waals surface area contributed by atoms with Gasteiger partial charge in [-0.2, -0.15) is 11.8 Å². The van der Waals surface area contributed by atoms with Crippen LogP contribution in [-0.4, -0.2) is 5.75 Å². The summed E-state index contributed by atoms with van der Waals surface area (Å²) in [7, 11) is 0. The van der Waals surface area contributed by atoms with Gasteiger partial charge in [-0.25, -0.2) is 0 Å². The van der Waals surface area contributed by atoms with Crippen LogP contribution in [0, 0.1) is 0 Å². The summed E-state index contributed by atoms with van der Waals surface area (Å²) in [6.07, 6.45) is 3.90. The van der Waals surface area contributed by atoms with Crippen molar-refractivity contribution in [2.24, 2.45) is 0 Å². The van der Waals surface area contributed by atoms with Crippen LogP contribution in [0.1, 0.15) is 36.1 Å². The van der Waals surface area contributed by atoms with Crippen molar-refractivity contribution in [3.05, 3.63) is 35.4 Å². The van der Waals surface area contributed by atoms with Gasteiger partial charge in [-0.15, -0.1) is 0 Å². The lowest BCUT2D eigenvalue weighted by Gasteiger charge is -2.24. The Balaban J connectivity index is 2.26. The van der Waals surface area contributed by atoms with Crippen molar-refractivity contribution in [1.29, 1.82) is 0 Å². The molecule has 0 nitrogen and oxygen atoms in total. The predicted molar refractivity (Wildman–Crippen MR) is 60.3 cm³/mol. The third kappa shape index (κ3) is 1.91. The van der Waals surface area contributed by atoms with Crippen molar-refractivity contribution in [3.63, 3.8) is 0 Å². The largest absolute Gasteiger partial charge is 0.153 e. The first-order chi connectivity index (χ1) is 6.42. The molecule has 1 aromatic carbocycles. The summed E-state index contributed by atoms with van der Waals surface area (Å²) in [5.74, 6) is 1.31. The summed E-state index contributed by atoms with van der Waals surface area (Å²) in [4.78, 5) is 0. The minimum Gasteiger partial charge on any atom is -0.153 e. The summed E-state index contributed by atoms with van der Waals surface area (Å²) >= 11 is 2.13. The van der Waals surface area contributed by atoms with Crippen LogP contribution in [0.15, 0.2) is 24.3 Å². The maximum Gasteiger partial charge on any atom is 0.0300 e. The van der Waals surface area contributed by atoms with Crippen LogP contribution in [-0.2, 0) is 6.42 Å².